The molecule has 0 bridgehead atoms. The maximum atomic E-state index is 12.1. The number of nitrogens with one attached hydrogen (secondary N) is 1. The Kier molecular flexibility index (Phi) is 4.49. The van der Waals surface area contributed by atoms with Gasteiger partial charge >= 0.3 is 0 Å². The smallest absolute Gasteiger partial charge is 0.228 e. The lowest BCUT2D eigenvalue weighted by Crippen LogP contribution is -2.15. The summed E-state index contributed by atoms with van der Waals surface area (Å²) in [5.41, 5.74) is 3.79. The molecule has 1 N–H and O–H groups in total. The normalized spacial score (nSPS) is 10.6. The van der Waals surface area contributed by atoms with Crippen LogP contribution in [0.5, 0.6) is 0 Å². The highest BCUT2D eigenvalue weighted by Crippen LogP contribution is 2.19. The van der Waals surface area contributed by atoms with Gasteiger partial charge in [-0.2, -0.15) is 5.10 Å². The van der Waals surface area contributed by atoms with Gasteiger partial charge in [0.1, 0.15) is 0 Å². The third-order valence-corrected chi connectivity index (χ3v) is 4.08. The molecule has 0 radical (unpaired) electrons. The topological polar surface area (TPSA) is 46.9 Å². The van der Waals surface area contributed by atoms with Crippen LogP contribution in [0.4, 0.5) is 5.69 Å². The second kappa shape index (κ2) is 6.13. The number of carbonyl (C=O) groups excluding carboxylic acids is 1. The van der Waals surface area contributed by atoms with E-state index in [1.165, 1.54) is 0 Å². The van der Waals surface area contributed by atoms with Gasteiger partial charge in [-0.3, -0.25) is 9.48 Å². The Hall–Kier alpha value is -1.75. The molecule has 1 aromatic heterocycles. The number of amides is 1. The van der Waals surface area contributed by atoms with E-state index >= 15 is 0 Å². The molecule has 5 heteroatoms. The molecule has 1 aromatic carbocycles. The highest BCUT2D eigenvalue weighted by atomic mass is 32.2. The van der Waals surface area contributed by atoms with Crippen LogP contribution in [-0.4, -0.2) is 21.9 Å². The van der Waals surface area contributed by atoms with E-state index in [1.54, 1.807) is 11.8 Å². The molecule has 0 aliphatic carbocycles. The second-order valence-electron chi connectivity index (χ2n) is 4.73. The zero-order chi connectivity index (χ0) is 14.7. The van der Waals surface area contributed by atoms with Gasteiger partial charge in [-0.15, -0.1) is 11.8 Å². The number of thioether (sulfide) groups is 1. The molecule has 0 spiro atoms. The summed E-state index contributed by atoms with van der Waals surface area (Å²) in [5.74, 6) is -0.0116. The van der Waals surface area contributed by atoms with Crippen molar-refractivity contribution in [1.82, 2.24) is 9.78 Å². The van der Waals surface area contributed by atoms with Crippen LogP contribution >= 0.6 is 11.8 Å². The first-order valence-corrected chi connectivity index (χ1v) is 7.66. The van der Waals surface area contributed by atoms with Crippen LogP contribution < -0.4 is 5.32 Å². The monoisotopic (exact) mass is 289 g/mol. The fourth-order valence-corrected chi connectivity index (χ4v) is 2.60. The van der Waals surface area contributed by atoms with Gasteiger partial charge in [0.15, 0.2) is 0 Å². The van der Waals surface area contributed by atoms with Crippen molar-refractivity contribution < 1.29 is 4.79 Å². The zero-order valence-corrected chi connectivity index (χ0v) is 13.0. The molecule has 20 heavy (non-hydrogen) atoms. The summed E-state index contributed by atoms with van der Waals surface area (Å²) in [5, 5.41) is 7.27. The van der Waals surface area contributed by atoms with Gasteiger partial charge in [0.05, 0.1) is 12.1 Å². The summed E-state index contributed by atoms with van der Waals surface area (Å²) in [6.45, 7) is 3.92. The summed E-state index contributed by atoms with van der Waals surface area (Å²) >= 11 is 1.66. The van der Waals surface area contributed by atoms with Gasteiger partial charge in [0.25, 0.3) is 0 Å². The number of hydrogen-bond donors (Lipinski definition) is 1. The van der Waals surface area contributed by atoms with E-state index in [0.29, 0.717) is 6.42 Å². The fraction of sp³-hybridized carbons (Fsp3) is 0.333. The molecular formula is C15H19N3OS. The quantitative estimate of drug-likeness (QED) is 0.880. The largest absolute Gasteiger partial charge is 0.326 e. The molecule has 2 rings (SSSR count). The Bertz CT molecular complexity index is 634. The van der Waals surface area contributed by atoms with Gasteiger partial charge in [0, 0.05) is 28.9 Å². The van der Waals surface area contributed by atoms with Crippen molar-refractivity contribution in [3.8, 4) is 0 Å². The number of anilines is 1. The number of hydrogen-bond acceptors (Lipinski definition) is 3. The van der Waals surface area contributed by atoms with Crippen molar-refractivity contribution in [1.29, 1.82) is 0 Å². The molecule has 0 saturated heterocycles. The summed E-state index contributed by atoms with van der Waals surface area (Å²) in [6, 6.07) is 7.85. The fourth-order valence-electron chi connectivity index (χ4n) is 2.14. The standard InChI is InChI=1S/C15H19N3OS/c1-10-14(11(2)18(3)17-10)9-15(19)16-12-6-5-7-13(8-12)20-4/h5-8H,9H2,1-4H3,(H,16,19). The van der Waals surface area contributed by atoms with Crippen LogP contribution in [0.1, 0.15) is 17.0 Å². The Morgan fingerprint density at radius 2 is 2.15 bits per heavy atom. The van der Waals surface area contributed by atoms with E-state index in [-0.39, 0.29) is 5.91 Å². The predicted octanol–water partition coefficient (Wildman–Crippen LogP) is 2.94. The van der Waals surface area contributed by atoms with E-state index in [1.807, 2.05) is 56.1 Å². The summed E-state index contributed by atoms with van der Waals surface area (Å²) in [4.78, 5) is 13.3. The molecule has 0 aliphatic rings. The van der Waals surface area contributed by atoms with Crippen LogP contribution in [0.15, 0.2) is 29.2 Å². The molecule has 0 fully saturated rings. The molecule has 0 aliphatic heterocycles. The molecular weight excluding hydrogens is 270 g/mol. The molecule has 1 amide bonds. The minimum Gasteiger partial charge on any atom is -0.326 e. The van der Waals surface area contributed by atoms with Crippen molar-refractivity contribution >= 4 is 23.4 Å². The molecule has 0 unspecified atom stereocenters. The van der Waals surface area contributed by atoms with Crippen molar-refractivity contribution in [2.75, 3.05) is 11.6 Å². The van der Waals surface area contributed by atoms with E-state index in [4.69, 9.17) is 0 Å². The first kappa shape index (κ1) is 14.7. The lowest BCUT2D eigenvalue weighted by molar-refractivity contribution is -0.115. The Morgan fingerprint density at radius 3 is 2.75 bits per heavy atom. The van der Waals surface area contributed by atoms with Gasteiger partial charge in [-0.25, -0.2) is 0 Å². The molecule has 0 atom stereocenters. The van der Waals surface area contributed by atoms with Crippen LogP contribution in [0.25, 0.3) is 0 Å². The summed E-state index contributed by atoms with van der Waals surface area (Å²) in [6.07, 6.45) is 2.37. The SMILES string of the molecule is CSc1cccc(NC(=O)Cc2c(C)nn(C)c2C)c1. The third kappa shape index (κ3) is 3.22. The van der Waals surface area contributed by atoms with Crippen molar-refractivity contribution in [3.63, 3.8) is 0 Å². The van der Waals surface area contributed by atoms with Crippen molar-refractivity contribution in [3.05, 3.63) is 41.2 Å². The van der Waals surface area contributed by atoms with Gasteiger partial charge in [-0.05, 0) is 38.3 Å². The summed E-state index contributed by atoms with van der Waals surface area (Å²) in [7, 11) is 1.89. The minimum atomic E-state index is -0.0116. The second-order valence-corrected chi connectivity index (χ2v) is 5.61. The van der Waals surface area contributed by atoms with Crippen LogP contribution in [0.3, 0.4) is 0 Å². The van der Waals surface area contributed by atoms with Crippen LogP contribution in [-0.2, 0) is 18.3 Å². The highest BCUT2D eigenvalue weighted by molar-refractivity contribution is 7.98. The number of benzene rings is 1. The van der Waals surface area contributed by atoms with Crippen LogP contribution in [0, 0.1) is 13.8 Å². The number of aromatic nitrogens is 2. The highest BCUT2D eigenvalue weighted by Gasteiger charge is 2.13. The van der Waals surface area contributed by atoms with E-state index in [2.05, 4.69) is 10.4 Å². The van der Waals surface area contributed by atoms with Gasteiger partial charge in [0.2, 0.25) is 5.91 Å². The zero-order valence-electron chi connectivity index (χ0n) is 12.2. The average Bonchev–Trinajstić information content (AvgIpc) is 2.65. The van der Waals surface area contributed by atoms with Crippen molar-refractivity contribution in [2.45, 2.75) is 25.2 Å². The molecule has 1 heterocycles. The van der Waals surface area contributed by atoms with Crippen LogP contribution in [0.2, 0.25) is 0 Å². The predicted molar refractivity (Wildman–Crippen MR) is 83.2 cm³/mol. The minimum absolute atomic E-state index is 0.0116. The van der Waals surface area contributed by atoms with E-state index < -0.39 is 0 Å². The summed E-state index contributed by atoms with van der Waals surface area (Å²) < 4.78 is 1.81. The van der Waals surface area contributed by atoms with Crippen molar-refractivity contribution in [2.24, 2.45) is 7.05 Å². The Morgan fingerprint density at radius 1 is 1.40 bits per heavy atom. The lowest BCUT2D eigenvalue weighted by Gasteiger charge is -2.07. The first-order chi connectivity index (χ1) is 9.51. The number of carbonyl (C=O) groups is 1. The molecule has 2 aromatic rings. The molecule has 4 nitrogen and oxygen atoms in total. The van der Waals surface area contributed by atoms with E-state index in [0.717, 1.165) is 27.5 Å². The Balaban J connectivity index is 2.09. The van der Waals surface area contributed by atoms with Gasteiger partial charge < -0.3 is 5.32 Å². The van der Waals surface area contributed by atoms with E-state index in [9.17, 15) is 4.79 Å². The first-order valence-electron chi connectivity index (χ1n) is 6.44. The molecule has 0 saturated carbocycles. The third-order valence-electron chi connectivity index (χ3n) is 3.35. The average molecular weight is 289 g/mol. The number of nitrogens with zero attached hydrogens (tertiary/aromatic N) is 2. The number of aryl methyl sites for hydroxylation is 2. The number of rotatable bonds is 4. The Labute approximate surface area is 123 Å². The lowest BCUT2D eigenvalue weighted by atomic mass is 10.1. The maximum Gasteiger partial charge on any atom is 0.228 e. The maximum absolute atomic E-state index is 12.1. The molecule has 106 valence electrons. The van der Waals surface area contributed by atoms with Gasteiger partial charge in [-0.1, -0.05) is 6.07 Å².